The maximum Gasteiger partial charge on any atom is 0.360 e. The topological polar surface area (TPSA) is 70.1 Å². The number of aromatic nitrogens is 2. The van der Waals surface area contributed by atoms with E-state index in [9.17, 15) is 4.79 Å². The quantitative estimate of drug-likeness (QED) is 0.877. The minimum absolute atomic E-state index is 0.0583. The van der Waals surface area contributed by atoms with Gasteiger partial charge in [0.1, 0.15) is 11.6 Å². The molecule has 0 aliphatic carbocycles. The fourth-order valence-corrected chi connectivity index (χ4v) is 2.60. The molecular formula is C14H15Cl2N3O2. The molecule has 0 aliphatic heterocycles. The van der Waals surface area contributed by atoms with E-state index in [0.29, 0.717) is 28.0 Å². The van der Waals surface area contributed by atoms with Crippen LogP contribution >= 0.6 is 23.2 Å². The number of nitrogen functional groups attached to an aromatic ring is 1. The molecule has 2 rings (SSSR count). The van der Waals surface area contributed by atoms with Gasteiger partial charge in [-0.05, 0) is 18.6 Å². The van der Waals surface area contributed by atoms with Crippen LogP contribution in [0.2, 0.25) is 10.0 Å². The second-order valence-electron chi connectivity index (χ2n) is 4.47. The van der Waals surface area contributed by atoms with Crippen LogP contribution < -0.4 is 5.73 Å². The molecule has 0 saturated heterocycles. The Bertz CT molecular complexity index is 711. The predicted octanol–water partition coefficient (Wildman–Crippen LogP) is 3.42. The molecule has 0 amide bonds. The highest BCUT2D eigenvalue weighted by atomic mass is 35.5. The average molecular weight is 328 g/mol. The lowest BCUT2D eigenvalue weighted by molar-refractivity contribution is 0.0596. The van der Waals surface area contributed by atoms with Crippen molar-refractivity contribution in [2.75, 3.05) is 12.8 Å². The summed E-state index contributed by atoms with van der Waals surface area (Å²) in [5.41, 5.74) is 7.49. The molecule has 1 aromatic heterocycles. The first-order chi connectivity index (χ1) is 9.92. The van der Waals surface area contributed by atoms with Crippen molar-refractivity contribution in [1.82, 2.24) is 9.55 Å². The normalized spacial score (nSPS) is 10.7. The standard InChI is InChI=1S/C14H15Cl2N3O2/c1-4-9-18-11(14(20)21-3)13(17)19(9)12-8(15)6-5-7(2)10(12)16/h5-6H,4,17H2,1-3H3. The first kappa shape index (κ1) is 15.7. The van der Waals surface area contributed by atoms with Crippen LogP contribution in [0.1, 0.15) is 28.8 Å². The van der Waals surface area contributed by atoms with Gasteiger partial charge in [0, 0.05) is 6.42 Å². The number of nitrogens with two attached hydrogens (primary N) is 1. The fourth-order valence-electron chi connectivity index (χ4n) is 2.06. The highest BCUT2D eigenvalue weighted by Crippen LogP contribution is 2.35. The Morgan fingerprint density at radius 2 is 2.10 bits per heavy atom. The number of methoxy groups -OCH3 is 1. The van der Waals surface area contributed by atoms with Crippen LogP contribution in [-0.4, -0.2) is 22.6 Å². The summed E-state index contributed by atoms with van der Waals surface area (Å²) in [6, 6.07) is 3.54. The number of aryl methyl sites for hydroxylation is 2. The second kappa shape index (κ2) is 5.95. The Balaban J connectivity index is 2.78. The third-order valence-electron chi connectivity index (χ3n) is 3.16. The Morgan fingerprint density at radius 1 is 1.43 bits per heavy atom. The van der Waals surface area contributed by atoms with Gasteiger partial charge in [-0.3, -0.25) is 4.57 Å². The summed E-state index contributed by atoms with van der Waals surface area (Å²) in [6.45, 7) is 3.76. The number of anilines is 1. The first-order valence-electron chi connectivity index (χ1n) is 6.32. The van der Waals surface area contributed by atoms with E-state index >= 15 is 0 Å². The zero-order valence-electron chi connectivity index (χ0n) is 11.9. The largest absolute Gasteiger partial charge is 0.464 e. The van der Waals surface area contributed by atoms with Gasteiger partial charge in [-0.1, -0.05) is 36.2 Å². The molecular weight excluding hydrogens is 313 g/mol. The Labute approximate surface area is 132 Å². The van der Waals surface area contributed by atoms with Crippen molar-refractivity contribution in [3.05, 3.63) is 39.3 Å². The molecule has 1 heterocycles. The summed E-state index contributed by atoms with van der Waals surface area (Å²) < 4.78 is 6.29. The molecule has 7 heteroatoms. The van der Waals surface area contributed by atoms with Crippen LogP contribution in [0.5, 0.6) is 0 Å². The van der Waals surface area contributed by atoms with Gasteiger partial charge in [-0.15, -0.1) is 0 Å². The summed E-state index contributed by atoms with van der Waals surface area (Å²) >= 11 is 12.6. The van der Waals surface area contributed by atoms with Crippen LogP contribution in [-0.2, 0) is 11.2 Å². The number of carbonyl (C=O) groups excluding carboxylic acids is 1. The van der Waals surface area contributed by atoms with Gasteiger partial charge < -0.3 is 10.5 Å². The van der Waals surface area contributed by atoms with E-state index in [1.54, 1.807) is 10.6 Å². The minimum Gasteiger partial charge on any atom is -0.464 e. The highest BCUT2D eigenvalue weighted by molar-refractivity contribution is 6.38. The van der Waals surface area contributed by atoms with E-state index < -0.39 is 5.97 Å². The van der Waals surface area contributed by atoms with Crippen molar-refractivity contribution >= 4 is 35.0 Å². The fraction of sp³-hybridized carbons (Fsp3) is 0.286. The van der Waals surface area contributed by atoms with Crippen molar-refractivity contribution in [3.8, 4) is 5.69 Å². The first-order valence-corrected chi connectivity index (χ1v) is 7.08. The molecule has 0 atom stereocenters. The summed E-state index contributed by atoms with van der Waals surface area (Å²) in [5.74, 6) is 0.149. The van der Waals surface area contributed by atoms with Crippen LogP contribution in [0.25, 0.3) is 5.69 Å². The Kier molecular flexibility index (Phi) is 4.44. The molecule has 21 heavy (non-hydrogen) atoms. The number of hydrogen-bond donors (Lipinski definition) is 1. The molecule has 0 unspecified atom stereocenters. The lowest BCUT2D eigenvalue weighted by atomic mass is 10.2. The van der Waals surface area contributed by atoms with Crippen LogP contribution in [0, 0.1) is 6.92 Å². The number of carbonyl (C=O) groups is 1. The van der Waals surface area contributed by atoms with Gasteiger partial charge in [0.2, 0.25) is 0 Å². The van der Waals surface area contributed by atoms with Crippen LogP contribution in [0.3, 0.4) is 0 Å². The highest BCUT2D eigenvalue weighted by Gasteiger charge is 2.24. The molecule has 0 bridgehead atoms. The third kappa shape index (κ3) is 2.59. The van der Waals surface area contributed by atoms with E-state index in [-0.39, 0.29) is 11.5 Å². The summed E-state index contributed by atoms with van der Waals surface area (Å²) in [7, 11) is 1.28. The number of nitrogens with zero attached hydrogens (tertiary/aromatic N) is 2. The van der Waals surface area contributed by atoms with Crippen LogP contribution in [0.4, 0.5) is 5.82 Å². The molecule has 5 nitrogen and oxygen atoms in total. The number of imidazole rings is 1. The minimum atomic E-state index is -0.596. The molecule has 0 spiro atoms. The summed E-state index contributed by atoms with van der Waals surface area (Å²) in [4.78, 5) is 16.0. The third-order valence-corrected chi connectivity index (χ3v) is 3.94. The van der Waals surface area contributed by atoms with Gasteiger partial charge in [0.15, 0.2) is 5.69 Å². The molecule has 0 saturated carbocycles. The second-order valence-corrected chi connectivity index (χ2v) is 5.25. The number of ether oxygens (including phenoxy) is 1. The maximum absolute atomic E-state index is 11.7. The van der Waals surface area contributed by atoms with Gasteiger partial charge in [-0.2, -0.15) is 0 Å². The zero-order chi connectivity index (χ0) is 15.7. The number of esters is 1. The molecule has 112 valence electrons. The van der Waals surface area contributed by atoms with E-state index in [2.05, 4.69) is 9.72 Å². The van der Waals surface area contributed by atoms with Gasteiger partial charge in [0.25, 0.3) is 0 Å². The number of benzene rings is 1. The van der Waals surface area contributed by atoms with Gasteiger partial charge in [0.05, 0.1) is 22.8 Å². The molecule has 2 aromatic rings. The SMILES string of the molecule is CCc1nc(C(=O)OC)c(N)n1-c1c(Cl)ccc(C)c1Cl. The van der Waals surface area contributed by atoms with Gasteiger partial charge in [-0.25, -0.2) is 9.78 Å². The van der Waals surface area contributed by atoms with Crippen molar-refractivity contribution in [1.29, 1.82) is 0 Å². The lowest BCUT2D eigenvalue weighted by Crippen LogP contribution is -2.09. The molecule has 1 aromatic carbocycles. The van der Waals surface area contributed by atoms with Crippen molar-refractivity contribution in [3.63, 3.8) is 0 Å². The Morgan fingerprint density at radius 3 is 2.67 bits per heavy atom. The van der Waals surface area contributed by atoms with E-state index in [0.717, 1.165) is 5.56 Å². The van der Waals surface area contributed by atoms with E-state index in [1.165, 1.54) is 7.11 Å². The Hall–Kier alpha value is -1.72. The van der Waals surface area contributed by atoms with Crippen molar-refractivity contribution < 1.29 is 9.53 Å². The van der Waals surface area contributed by atoms with E-state index in [4.69, 9.17) is 28.9 Å². The predicted molar refractivity (Wildman–Crippen MR) is 83.5 cm³/mol. The van der Waals surface area contributed by atoms with Gasteiger partial charge >= 0.3 is 5.97 Å². The summed E-state index contributed by atoms with van der Waals surface area (Å²) in [5, 5.41) is 0.901. The monoisotopic (exact) mass is 327 g/mol. The molecule has 2 N–H and O–H groups in total. The van der Waals surface area contributed by atoms with Crippen molar-refractivity contribution in [2.45, 2.75) is 20.3 Å². The average Bonchev–Trinajstić information content (AvgIpc) is 2.80. The maximum atomic E-state index is 11.7. The molecule has 0 radical (unpaired) electrons. The molecule has 0 aliphatic rings. The molecule has 0 fully saturated rings. The zero-order valence-corrected chi connectivity index (χ0v) is 13.4. The number of hydrogen-bond acceptors (Lipinski definition) is 4. The van der Waals surface area contributed by atoms with Crippen LogP contribution in [0.15, 0.2) is 12.1 Å². The number of halogens is 2. The lowest BCUT2D eigenvalue weighted by Gasteiger charge is -2.14. The summed E-state index contributed by atoms with van der Waals surface area (Å²) in [6.07, 6.45) is 0.557. The number of rotatable bonds is 3. The van der Waals surface area contributed by atoms with E-state index in [1.807, 2.05) is 19.9 Å². The smallest absolute Gasteiger partial charge is 0.360 e. The van der Waals surface area contributed by atoms with Crippen molar-refractivity contribution in [2.24, 2.45) is 0 Å².